The molecule has 8 nitrogen and oxygen atoms in total. The summed E-state index contributed by atoms with van der Waals surface area (Å²) in [5.41, 5.74) is 0.775. The molecule has 0 heterocycles. The molecule has 0 radical (unpaired) electrons. The van der Waals surface area contributed by atoms with Crippen LogP contribution in [0.15, 0.2) is 77.7 Å². The molecular formula is C28H31Cl2N3O5S. The summed E-state index contributed by atoms with van der Waals surface area (Å²) in [4.78, 5) is 28.2. The Balaban J connectivity index is 2.05. The zero-order valence-corrected chi connectivity index (χ0v) is 24.4. The number of halogens is 2. The Morgan fingerprint density at radius 2 is 1.56 bits per heavy atom. The van der Waals surface area contributed by atoms with Gasteiger partial charge in [0.2, 0.25) is 11.8 Å². The zero-order valence-electron chi connectivity index (χ0n) is 22.1. The van der Waals surface area contributed by atoms with Crippen LogP contribution >= 0.6 is 23.2 Å². The van der Waals surface area contributed by atoms with Gasteiger partial charge in [0.1, 0.15) is 18.3 Å². The highest BCUT2D eigenvalue weighted by Gasteiger charge is 2.33. The summed E-state index contributed by atoms with van der Waals surface area (Å²) >= 11 is 12.6. The number of anilines is 1. The summed E-state index contributed by atoms with van der Waals surface area (Å²) in [6.45, 7) is 4.66. The van der Waals surface area contributed by atoms with Crippen molar-refractivity contribution in [3.63, 3.8) is 0 Å². The van der Waals surface area contributed by atoms with Gasteiger partial charge in [0.25, 0.3) is 10.0 Å². The van der Waals surface area contributed by atoms with Crippen LogP contribution in [-0.2, 0) is 26.2 Å². The van der Waals surface area contributed by atoms with Crippen LogP contribution in [0.2, 0.25) is 10.0 Å². The molecule has 2 amide bonds. The first-order valence-electron chi connectivity index (χ1n) is 12.2. The number of amides is 2. The van der Waals surface area contributed by atoms with Crippen molar-refractivity contribution in [3.05, 3.63) is 88.4 Å². The average Bonchev–Trinajstić information content (AvgIpc) is 2.92. The van der Waals surface area contributed by atoms with E-state index in [2.05, 4.69) is 5.32 Å². The Bertz CT molecular complexity index is 1400. The van der Waals surface area contributed by atoms with Crippen molar-refractivity contribution < 1.29 is 22.7 Å². The fraction of sp³-hybridized carbons (Fsp3) is 0.286. The van der Waals surface area contributed by atoms with Crippen molar-refractivity contribution in [2.24, 2.45) is 0 Å². The number of methoxy groups -OCH3 is 1. The minimum Gasteiger partial charge on any atom is -0.497 e. The first-order chi connectivity index (χ1) is 18.4. The Labute approximate surface area is 239 Å². The minimum atomic E-state index is -4.24. The van der Waals surface area contributed by atoms with E-state index in [1.807, 2.05) is 13.8 Å². The molecule has 0 saturated carbocycles. The van der Waals surface area contributed by atoms with E-state index in [0.717, 1.165) is 9.87 Å². The normalized spacial score (nSPS) is 12.1. The Hall–Kier alpha value is -3.27. The number of carbonyl (C=O) groups is 2. The summed E-state index contributed by atoms with van der Waals surface area (Å²) in [5.74, 6) is -0.337. The number of carbonyl (C=O) groups excluding carboxylic acids is 2. The van der Waals surface area contributed by atoms with E-state index in [1.54, 1.807) is 62.6 Å². The van der Waals surface area contributed by atoms with Crippen molar-refractivity contribution in [3.8, 4) is 5.75 Å². The van der Waals surface area contributed by atoms with Gasteiger partial charge < -0.3 is 15.0 Å². The zero-order chi connectivity index (χ0) is 28.7. The van der Waals surface area contributed by atoms with Gasteiger partial charge in [0.15, 0.2) is 0 Å². The molecule has 0 fully saturated rings. The number of ether oxygens (including phenoxy) is 1. The highest BCUT2D eigenvalue weighted by Crippen LogP contribution is 2.35. The maximum Gasteiger partial charge on any atom is 0.264 e. The molecule has 0 spiro atoms. The molecule has 0 bridgehead atoms. The number of rotatable bonds is 11. The van der Waals surface area contributed by atoms with Crippen LogP contribution in [0.25, 0.3) is 0 Å². The molecule has 1 N–H and O–H groups in total. The predicted molar refractivity (Wildman–Crippen MR) is 154 cm³/mol. The highest BCUT2D eigenvalue weighted by atomic mass is 35.5. The number of nitrogens with zero attached hydrogens (tertiary/aromatic N) is 2. The monoisotopic (exact) mass is 591 g/mol. The van der Waals surface area contributed by atoms with E-state index in [-0.39, 0.29) is 39.1 Å². The average molecular weight is 593 g/mol. The van der Waals surface area contributed by atoms with E-state index >= 15 is 0 Å². The lowest BCUT2D eigenvalue weighted by atomic mass is 10.1. The molecule has 0 saturated heterocycles. The summed E-state index contributed by atoms with van der Waals surface area (Å²) in [6, 6.07) is 18.3. The topological polar surface area (TPSA) is 96.0 Å². The van der Waals surface area contributed by atoms with Crippen molar-refractivity contribution in [1.82, 2.24) is 10.2 Å². The number of hydrogen-bond donors (Lipinski definition) is 1. The van der Waals surface area contributed by atoms with E-state index < -0.39 is 28.5 Å². The van der Waals surface area contributed by atoms with Crippen molar-refractivity contribution in [2.45, 2.75) is 44.3 Å². The molecule has 0 aliphatic heterocycles. The summed E-state index contributed by atoms with van der Waals surface area (Å²) in [6.07, 6.45) is 0. The SMILES string of the molecule is COc1ccc(CN(C(=O)CN(c2cccc(Cl)c2Cl)S(=O)(=O)c2ccccc2)[C@H](C)C(=O)NC(C)C)cc1. The van der Waals surface area contributed by atoms with Crippen LogP contribution in [0.4, 0.5) is 5.69 Å². The van der Waals surface area contributed by atoms with E-state index in [9.17, 15) is 18.0 Å². The third kappa shape index (κ3) is 7.44. The lowest BCUT2D eigenvalue weighted by Gasteiger charge is -2.32. The number of sulfonamides is 1. The molecule has 208 valence electrons. The van der Waals surface area contributed by atoms with Crippen molar-refractivity contribution in [1.29, 1.82) is 0 Å². The van der Waals surface area contributed by atoms with Crippen LogP contribution in [-0.4, -0.2) is 50.9 Å². The fourth-order valence-corrected chi connectivity index (χ4v) is 5.73. The second kappa shape index (κ2) is 13.2. The molecule has 1 atom stereocenters. The van der Waals surface area contributed by atoms with Gasteiger partial charge in [-0.25, -0.2) is 8.42 Å². The predicted octanol–water partition coefficient (Wildman–Crippen LogP) is 5.14. The van der Waals surface area contributed by atoms with Gasteiger partial charge in [-0.1, -0.05) is 59.6 Å². The van der Waals surface area contributed by atoms with Gasteiger partial charge in [0.05, 0.1) is 27.7 Å². The maximum absolute atomic E-state index is 13.9. The molecule has 0 aliphatic rings. The molecule has 3 aromatic rings. The Morgan fingerprint density at radius 1 is 0.923 bits per heavy atom. The quantitative estimate of drug-likeness (QED) is 0.333. The van der Waals surface area contributed by atoms with Gasteiger partial charge in [0, 0.05) is 12.6 Å². The first kappa shape index (κ1) is 30.3. The lowest BCUT2D eigenvalue weighted by Crippen LogP contribution is -2.52. The van der Waals surface area contributed by atoms with Crippen molar-refractivity contribution in [2.75, 3.05) is 18.0 Å². The van der Waals surface area contributed by atoms with Gasteiger partial charge in [-0.2, -0.15) is 0 Å². The molecule has 39 heavy (non-hydrogen) atoms. The Morgan fingerprint density at radius 3 is 2.15 bits per heavy atom. The number of benzene rings is 3. The minimum absolute atomic E-state index is 0.0150. The molecular weight excluding hydrogens is 561 g/mol. The van der Waals surface area contributed by atoms with Crippen LogP contribution in [0.5, 0.6) is 5.75 Å². The van der Waals surface area contributed by atoms with Gasteiger partial charge in [-0.05, 0) is 62.7 Å². The highest BCUT2D eigenvalue weighted by molar-refractivity contribution is 7.92. The third-order valence-corrected chi connectivity index (χ3v) is 8.50. The Kier molecular flexibility index (Phi) is 10.2. The van der Waals surface area contributed by atoms with Crippen molar-refractivity contribution >= 4 is 50.7 Å². The molecule has 0 aromatic heterocycles. The smallest absolute Gasteiger partial charge is 0.264 e. The van der Waals surface area contributed by atoms with Crippen LogP contribution in [0, 0.1) is 0 Å². The maximum atomic E-state index is 13.9. The van der Waals surface area contributed by atoms with E-state index in [4.69, 9.17) is 27.9 Å². The van der Waals surface area contributed by atoms with E-state index in [0.29, 0.717) is 5.75 Å². The van der Waals surface area contributed by atoms with Crippen LogP contribution in [0.1, 0.15) is 26.3 Å². The summed E-state index contributed by atoms with van der Waals surface area (Å²) in [7, 11) is -2.70. The molecule has 3 rings (SSSR count). The van der Waals surface area contributed by atoms with Gasteiger partial charge in [-0.15, -0.1) is 0 Å². The van der Waals surface area contributed by atoms with Crippen LogP contribution < -0.4 is 14.4 Å². The second-order valence-corrected chi connectivity index (χ2v) is 11.8. The number of hydrogen-bond acceptors (Lipinski definition) is 5. The lowest BCUT2D eigenvalue weighted by molar-refractivity contribution is -0.139. The fourth-order valence-electron chi connectivity index (χ4n) is 3.83. The van der Waals surface area contributed by atoms with Gasteiger partial charge >= 0.3 is 0 Å². The largest absolute Gasteiger partial charge is 0.497 e. The summed E-state index contributed by atoms with van der Waals surface area (Å²) in [5, 5.41) is 2.94. The first-order valence-corrected chi connectivity index (χ1v) is 14.4. The second-order valence-electron chi connectivity index (χ2n) is 9.11. The van der Waals surface area contributed by atoms with Crippen LogP contribution in [0.3, 0.4) is 0 Å². The number of nitrogens with one attached hydrogen (secondary N) is 1. The molecule has 3 aromatic carbocycles. The van der Waals surface area contributed by atoms with Gasteiger partial charge in [-0.3, -0.25) is 13.9 Å². The van der Waals surface area contributed by atoms with E-state index in [1.165, 1.54) is 29.2 Å². The molecule has 0 aliphatic carbocycles. The third-order valence-electron chi connectivity index (χ3n) is 5.92. The standard InChI is InChI=1S/C28H31Cl2N3O5S/c1-19(2)31-28(35)20(3)32(17-21-13-15-22(38-4)16-14-21)26(34)18-33(25-12-8-11-24(29)27(25)30)39(36,37)23-9-6-5-7-10-23/h5-16,19-20H,17-18H2,1-4H3,(H,31,35)/t20-/m1/s1. The molecule has 11 heteroatoms. The molecule has 0 unspecified atom stereocenters. The summed E-state index contributed by atoms with van der Waals surface area (Å²) < 4.78 is 33.7.